The van der Waals surface area contributed by atoms with Gasteiger partial charge in [0.2, 0.25) is 0 Å². The normalized spacial score (nSPS) is 10.3. The molecule has 0 fully saturated rings. The third kappa shape index (κ3) is 4.85. The molecule has 0 aliphatic carbocycles. The third-order valence-electron chi connectivity index (χ3n) is 4.29. The molecule has 0 spiro atoms. The largest absolute Gasteiger partial charge is 0.496 e. The van der Waals surface area contributed by atoms with Gasteiger partial charge >= 0.3 is 0 Å². The predicted octanol–water partition coefficient (Wildman–Crippen LogP) is 4.33. The summed E-state index contributed by atoms with van der Waals surface area (Å²) in [6, 6.07) is 19.2. The maximum atomic E-state index is 12.5. The fourth-order valence-corrected chi connectivity index (χ4v) is 2.74. The minimum absolute atomic E-state index is 0.160. The smallest absolute Gasteiger partial charge is 0.251 e. The Bertz CT molecular complexity index is 907. The number of para-hydroxylation sites is 1. The number of aryl methyl sites for hydroxylation is 1. The molecule has 1 amide bonds. The Kier molecular flexibility index (Phi) is 6.05. The van der Waals surface area contributed by atoms with Crippen molar-refractivity contribution < 1.29 is 9.53 Å². The lowest BCUT2D eigenvalue weighted by atomic mass is 10.1. The average Bonchev–Trinajstić information content (AvgIpc) is 2.73. The highest BCUT2D eigenvalue weighted by Crippen LogP contribution is 2.18. The Morgan fingerprint density at radius 1 is 1.07 bits per heavy atom. The summed E-state index contributed by atoms with van der Waals surface area (Å²) < 4.78 is 5.31. The summed E-state index contributed by atoms with van der Waals surface area (Å²) in [5.74, 6) is 1.22. The van der Waals surface area contributed by atoms with E-state index >= 15 is 0 Å². The number of rotatable bonds is 7. The van der Waals surface area contributed by atoms with Crippen LogP contribution in [0.25, 0.3) is 0 Å². The Balaban J connectivity index is 1.66. The van der Waals surface area contributed by atoms with Gasteiger partial charge in [-0.2, -0.15) is 0 Å². The number of benzene rings is 2. The molecule has 0 saturated heterocycles. The highest BCUT2D eigenvalue weighted by Gasteiger charge is 2.09. The van der Waals surface area contributed by atoms with Gasteiger partial charge in [0.15, 0.2) is 0 Å². The second-order valence-electron chi connectivity index (χ2n) is 6.10. The van der Waals surface area contributed by atoms with Gasteiger partial charge in [-0.25, -0.2) is 4.98 Å². The van der Waals surface area contributed by atoms with E-state index in [-0.39, 0.29) is 5.91 Å². The first kappa shape index (κ1) is 18.5. The fraction of sp³-hybridized carbons (Fsp3) is 0.182. The molecule has 0 radical (unpaired) electrons. The summed E-state index contributed by atoms with van der Waals surface area (Å²) >= 11 is 0. The number of methoxy groups -OCH3 is 1. The Labute approximate surface area is 159 Å². The minimum atomic E-state index is -0.160. The highest BCUT2D eigenvalue weighted by atomic mass is 16.5. The number of hydrogen-bond donors (Lipinski definition) is 2. The molecule has 3 rings (SSSR count). The van der Waals surface area contributed by atoms with Gasteiger partial charge in [-0.3, -0.25) is 4.79 Å². The number of hydrogen-bond acceptors (Lipinski definition) is 4. The van der Waals surface area contributed by atoms with Gasteiger partial charge in [0.05, 0.1) is 7.11 Å². The topological polar surface area (TPSA) is 63.2 Å². The number of carbonyl (C=O) groups is 1. The summed E-state index contributed by atoms with van der Waals surface area (Å²) in [6.45, 7) is 2.52. The van der Waals surface area contributed by atoms with Crippen molar-refractivity contribution in [3.63, 3.8) is 0 Å². The third-order valence-corrected chi connectivity index (χ3v) is 4.29. The van der Waals surface area contributed by atoms with Gasteiger partial charge < -0.3 is 15.4 Å². The summed E-state index contributed by atoms with van der Waals surface area (Å²) in [4.78, 5) is 16.8. The van der Waals surface area contributed by atoms with Crippen molar-refractivity contribution in [3.05, 3.63) is 83.6 Å². The lowest BCUT2D eigenvalue weighted by molar-refractivity contribution is 0.0950. The average molecular weight is 361 g/mol. The molecule has 0 aliphatic heterocycles. The Morgan fingerprint density at radius 3 is 2.59 bits per heavy atom. The van der Waals surface area contributed by atoms with Crippen LogP contribution in [0, 0.1) is 0 Å². The molecule has 5 heteroatoms. The summed E-state index contributed by atoms with van der Waals surface area (Å²) in [5, 5.41) is 6.15. The van der Waals surface area contributed by atoms with Crippen molar-refractivity contribution in [1.29, 1.82) is 0 Å². The SMILES string of the molecule is CCc1ccc(Nc2cc(C(=O)NCc3ccccc3OC)ccn2)cc1. The number of amides is 1. The predicted molar refractivity (Wildman–Crippen MR) is 108 cm³/mol. The van der Waals surface area contributed by atoms with Crippen LogP contribution in [-0.2, 0) is 13.0 Å². The van der Waals surface area contributed by atoms with Crippen LogP contribution in [0.4, 0.5) is 11.5 Å². The van der Waals surface area contributed by atoms with Gasteiger partial charge in [0.1, 0.15) is 11.6 Å². The van der Waals surface area contributed by atoms with Crippen LogP contribution in [0.3, 0.4) is 0 Å². The zero-order valence-electron chi connectivity index (χ0n) is 15.5. The van der Waals surface area contributed by atoms with E-state index in [0.29, 0.717) is 17.9 Å². The van der Waals surface area contributed by atoms with Crippen LogP contribution < -0.4 is 15.4 Å². The molecule has 0 unspecified atom stereocenters. The number of pyridine rings is 1. The molecule has 138 valence electrons. The maximum Gasteiger partial charge on any atom is 0.251 e. The first-order valence-electron chi connectivity index (χ1n) is 8.91. The highest BCUT2D eigenvalue weighted by molar-refractivity contribution is 5.94. The second kappa shape index (κ2) is 8.85. The first-order valence-corrected chi connectivity index (χ1v) is 8.91. The number of anilines is 2. The van der Waals surface area contributed by atoms with E-state index in [4.69, 9.17) is 4.74 Å². The molecule has 0 aliphatic rings. The van der Waals surface area contributed by atoms with Crippen molar-refractivity contribution in [3.8, 4) is 5.75 Å². The zero-order chi connectivity index (χ0) is 19.1. The summed E-state index contributed by atoms with van der Waals surface area (Å²) in [6.07, 6.45) is 2.63. The molecule has 3 aromatic rings. The van der Waals surface area contributed by atoms with Gasteiger partial charge in [-0.05, 0) is 42.3 Å². The van der Waals surface area contributed by atoms with Crippen molar-refractivity contribution in [2.45, 2.75) is 19.9 Å². The van der Waals surface area contributed by atoms with Crippen molar-refractivity contribution in [1.82, 2.24) is 10.3 Å². The molecule has 0 atom stereocenters. The first-order chi connectivity index (χ1) is 13.2. The van der Waals surface area contributed by atoms with Crippen LogP contribution in [0.2, 0.25) is 0 Å². The summed E-state index contributed by atoms with van der Waals surface area (Å²) in [5.41, 5.74) is 3.69. The molecule has 1 heterocycles. The van der Waals surface area contributed by atoms with Crippen LogP contribution in [0.5, 0.6) is 5.75 Å². The van der Waals surface area contributed by atoms with E-state index in [2.05, 4.69) is 34.7 Å². The zero-order valence-corrected chi connectivity index (χ0v) is 15.5. The van der Waals surface area contributed by atoms with Gasteiger partial charge in [-0.15, -0.1) is 0 Å². The number of aromatic nitrogens is 1. The van der Waals surface area contributed by atoms with Gasteiger partial charge in [0.25, 0.3) is 5.91 Å². The van der Waals surface area contributed by atoms with Crippen LogP contribution >= 0.6 is 0 Å². The van der Waals surface area contributed by atoms with Crippen LogP contribution in [0.15, 0.2) is 66.9 Å². The molecule has 0 bridgehead atoms. The van der Waals surface area contributed by atoms with Crippen LogP contribution in [0.1, 0.15) is 28.4 Å². The lowest BCUT2D eigenvalue weighted by Gasteiger charge is -2.11. The standard InChI is InChI=1S/C22H23N3O2/c1-3-16-8-10-19(11-9-16)25-21-14-17(12-13-23-21)22(26)24-15-18-6-4-5-7-20(18)27-2/h4-14H,3,15H2,1-2H3,(H,23,25)(H,24,26). The van der Waals surface area contributed by atoms with Crippen molar-refractivity contribution >= 4 is 17.4 Å². The number of ether oxygens (including phenoxy) is 1. The van der Waals surface area contributed by atoms with Crippen molar-refractivity contribution in [2.75, 3.05) is 12.4 Å². The monoisotopic (exact) mass is 361 g/mol. The van der Waals surface area contributed by atoms with E-state index < -0.39 is 0 Å². The minimum Gasteiger partial charge on any atom is -0.496 e. The maximum absolute atomic E-state index is 12.5. The van der Waals surface area contributed by atoms with Gasteiger partial charge in [-0.1, -0.05) is 37.3 Å². The lowest BCUT2D eigenvalue weighted by Crippen LogP contribution is -2.23. The molecule has 2 aromatic carbocycles. The molecule has 5 nitrogen and oxygen atoms in total. The van der Waals surface area contributed by atoms with E-state index in [0.717, 1.165) is 23.4 Å². The number of nitrogens with one attached hydrogen (secondary N) is 2. The number of nitrogens with zero attached hydrogens (tertiary/aromatic N) is 1. The summed E-state index contributed by atoms with van der Waals surface area (Å²) in [7, 11) is 1.62. The van der Waals surface area contributed by atoms with Crippen LogP contribution in [-0.4, -0.2) is 18.0 Å². The molecule has 0 saturated carbocycles. The Morgan fingerprint density at radius 2 is 1.85 bits per heavy atom. The van der Waals surface area contributed by atoms with E-state index in [1.54, 1.807) is 25.4 Å². The molecule has 2 N–H and O–H groups in total. The van der Waals surface area contributed by atoms with E-state index in [9.17, 15) is 4.79 Å². The number of carbonyl (C=O) groups excluding carboxylic acids is 1. The molecular formula is C22H23N3O2. The van der Waals surface area contributed by atoms with Crippen molar-refractivity contribution in [2.24, 2.45) is 0 Å². The quantitative estimate of drug-likeness (QED) is 0.658. The molecular weight excluding hydrogens is 338 g/mol. The molecule has 27 heavy (non-hydrogen) atoms. The van der Waals surface area contributed by atoms with Gasteiger partial charge in [0, 0.05) is 29.6 Å². The molecule has 1 aromatic heterocycles. The second-order valence-corrected chi connectivity index (χ2v) is 6.10. The van der Waals surface area contributed by atoms with E-state index in [1.807, 2.05) is 36.4 Å². The fourth-order valence-electron chi connectivity index (χ4n) is 2.74. The van der Waals surface area contributed by atoms with E-state index in [1.165, 1.54) is 5.56 Å². The Hall–Kier alpha value is -3.34.